The predicted molar refractivity (Wildman–Crippen MR) is 110 cm³/mol. The molecule has 0 fully saturated rings. The van der Waals surface area contributed by atoms with Crippen LogP contribution in [0.2, 0.25) is 5.02 Å². The van der Waals surface area contributed by atoms with Crippen LogP contribution in [-0.4, -0.2) is 21.0 Å². The number of aromatic nitrogens is 2. The fourth-order valence-electron chi connectivity index (χ4n) is 2.30. The molecule has 0 spiro atoms. The summed E-state index contributed by atoms with van der Waals surface area (Å²) in [6, 6.07) is 13.3. The molecule has 0 atom stereocenters. The molecule has 0 unspecified atom stereocenters. The van der Waals surface area contributed by atoms with E-state index in [0.29, 0.717) is 10.7 Å². The van der Waals surface area contributed by atoms with E-state index >= 15 is 0 Å². The van der Waals surface area contributed by atoms with E-state index in [2.05, 4.69) is 20.6 Å². The van der Waals surface area contributed by atoms with Gasteiger partial charge in [-0.25, -0.2) is 4.98 Å². The van der Waals surface area contributed by atoms with E-state index < -0.39 is 5.41 Å². The minimum atomic E-state index is -0.536. The van der Waals surface area contributed by atoms with Gasteiger partial charge in [-0.15, -0.1) is 0 Å². The Balaban J connectivity index is 1.84. The van der Waals surface area contributed by atoms with Crippen LogP contribution < -0.4 is 10.6 Å². The molecular weight excluding hydrogens is 368 g/mol. The highest BCUT2D eigenvalue weighted by Crippen LogP contribution is 2.28. The summed E-state index contributed by atoms with van der Waals surface area (Å²) in [4.78, 5) is 19.9. The van der Waals surface area contributed by atoms with E-state index in [9.17, 15) is 4.79 Å². The molecule has 3 aromatic rings. The lowest BCUT2D eigenvalue weighted by molar-refractivity contribution is -0.126. The highest BCUT2D eigenvalue weighted by Gasteiger charge is 2.22. The van der Waals surface area contributed by atoms with Crippen molar-refractivity contribution in [3.05, 3.63) is 47.5 Å². The van der Waals surface area contributed by atoms with Crippen LogP contribution in [0, 0.1) is 5.41 Å². The smallest absolute Gasteiger partial charge is 0.231 e. The summed E-state index contributed by atoms with van der Waals surface area (Å²) >= 11 is 11.5. The normalized spacial score (nSPS) is 11.4. The summed E-state index contributed by atoms with van der Waals surface area (Å²) in [5, 5.41) is 6.36. The molecule has 7 heteroatoms. The minimum absolute atomic E-state index is 0.167. The number of para-hydroxylation sites is 2. The number of amides is 1. The van der Waals surface area contributed by atoms with E-state index in [0.717, 1.165) is 22.4 Å². The van der Waals surface area contributed by atoms with Gasteiger partial charge in [0.1, 0.15) is 5.82 Å². The summed E-state index contributed by atoms with van der Waals surface area (Å²) in [7, 11) is 0. The number of halogens is 1. The highest BCUT2D eigenvalue weighted by atomic mass is 35.5. The first-order chi connectivity index (χ1) is 12.2. The van der Waals surface area contributed by atoms with Crippen LogP contribution in [-0.2, 0) is 4.79 Å². The molecule has 26 heavy (non-hydrogen) atoms. The number of hydrogen-bond donors (Lipinski definition) is 3. The van der Waals surface area contributed by atoms with Gasteiger partial charge in [-0.05, 0) is 42.5 Å². The number of fused-ring (bicyclic) bond motifs is 1. The van der Waals surface area contributed by atoms with E-state index in [-0.39, 0.29) is 11.0 Å². The largest absolute Gasteiger partial charge is 0.338 e. The fourth-order valence-corrected chi connectivity index (χ4v) is 2.67. The maximum absolute atomic E-state index is 12.1. The molecule has 0 saturated heterocycles. The summed E-state index contributed by atoms with van der Waals surface area (Å²) in [6.45, 7) is 5.46. The van der Waals surface area contributed by atoms with Crippen LogP contribution in [0.25, 0.3) is 22.4 Å². The van der Waals surface area contributed by atoms with Gasteiger partial charge in [0.2, 0.25) is 5.91 Å². The SMILES string of the molecule is CC(C)(C)C(=O)NC(=S)Nc1cc(-c2nc3ccccc3[nH]2)ccc1Cl. The van der Waals surface area contributed by atoms with Crippen LogP contribution in [0.5, 0.6) is 0 Å². The van der Waals surface area contributed by atoms with Crippen molar-refractivity contribution >= 4 is 51.6 Å². The van der Waals surface area contributed by atoms with E-state index in [4.69, 9.17) is 23.8 Å². The molecule has 0 aliphatic heterocycles. The Morgan fingerprint density at radius 3 is 2.62 bits per heavy atom. The van der Waals surface area contributed by atoms with E-state index in [1.54, 1.807) is 6.07 Å². The van der Waals surface area contributed by atoms with Gasteiger partial charge in [-0.1, -0.05) is 44.5 Å². The third-order valence-electron chi connectivity index (χ3n) is 3.79. The third-order valence-corrected chi connectivity index (χ3v) is 4.32. The first-order valence-corrected chi connectivity index (χ1v) is 8.90. The van der Waals surface area contributed by atoms with Gasteiger partial charge in [-0.3, -0.25) is 4.79 Å². The number of thiocarbonyl (C=S) groups is 1. The van der Waals surface area contributed by atoms with Gasteiger partial charge in [0.15, 0.2) is 5.11 Å². The first-order valence-electron chi connectivity index (χ1n) is 8.11. The number of carbonyl (C=O) groups excluding carboxylic acids is 1. The second-order valence-corrected chi connectivity index (χ2v) is 7.77. The summed E-state index contributed by atoms with van der Waals surface area (Å²) in [5.74, 6) is 0.565. The van der Waals surface area contributed by atoms with Crippen molar-refractivity contribution in [1.82, 2.24) is 15.3 Å². The average molecular weight is 387 g/mol. The topological polar surface area (TPSA) is 69.8 Å². The maximum Gasteiger partial charge on any atom is 0.231 e. The van der Waals surface area contributed by atoms with Crippen molar-refractivity contribution in [3.63, 3.8) is 0 Å². The van der Waals surface area contributed by atoms with E-state index in [1.165, 1.54) is 0 Å². The lowest BCUT2D eigenvalue weighted by Crippen LogP contribution is -2.41. The van der Waals surface area contributed by atoms with Gasteiger partial charge in [0, 0.05) is 11.0 Å². The highest BCUT2D eigenvalue weighted by molar-refractivity contribution is 7.80. The lowest BCUT2D eigenvalue weighted by atomic mass is 9.96. The lowest BCUT2D eigenvalue weighted by Gasteiger charge is -2.19. The zero-order valence-corrected chi connectivity index (χ0v) is 16.3. The maximum atomic E-state index is 12.1. The zero-order chi connectivity index (χ0) is 18.9. The van der Waals surface area contributed by atoms with Gasteiger partial charge in [-0.2, -0.15) is 0 Å². The summed E-state index contributed by atoms with van der Waals surface area (Å²) < 4.78 is 0. The van der Waals surface area contributed by atoms with Crippen LogP contribution in [0.1, 0.15) is 20.8 Å². The van der Waals surface area contributed by atoms with Crippen LogP contribution in [0.3, 0.4) is 0 Å². The number of imidazole rings is 1. The summed E-state index contributed by atoms with van der Waals surface area (Å²) in [5.41, 5.74) is 2.77. The Bertz CT molecular complexity index is 958. The number of nitrogens with zero attached hydrogens (tertiary/aromatic N) is 1. The standard InChI is InChI=1S/C19H19ClN4OS/c1-19(2,3)17(25)24-18(26)23-15-10-11(8-9-12(15)20)16-21-13-6-4-5-7-14(13)22-16/h4-10H,1-3H3,(H,21,22)(H2,23,24,25,26). The minimum Gasteiger partial charge on any atom is -0.338 e. The third kappa shape index (κ3) is 4.03. The van der Waals surface area contributed by atoms with Crippen LogP contribution in [0.15, 0.2) is 42.5 Å². The molecule has 0 aliphatic carbocycles. The van der Waals surface area contributed by atoms with Crippen molar-refractivity contribution in [3.8, 4) is 11.4 Å². The Labute approximate surface area is 162 Å². The Hall–Kier alpha value is -2.44. The fraction of sp³-hybridized carbons (Fsp3) is 0.211. The number of hydrogen-bond acceptors (Lipinski definition) is 3. The first kappa shape index (κ1) is 18.4. The quantitative estimate of drug-likeness (QED) is 0.556. The molecule has 1 heterocycles. The van der Waals surface area contributed by atoms with Gasteiger partial charge in [0.25, 0.3) is 0 Å². The Kier molecular flexibility index (Phi) is 4.98. The molecule has 0 aliphatic rings. The number of nitrogens with one attached hydrogen (secondary N) is 3. The monoisotopic (exact) mass is 386 g/mol. The van der Waals surface area contributed by atoms with Crippen molar-refractivity contribution in [1.29, 1.82) is 0 Å². The van der Waals surface area contributed by atoms with Crippen molar-refractivity contribution in [2.75, 3.05) is 5.32 Å². The van der Waals surface area contributed by atoms with Gasteiger partial charge in [0.05, 0.1) is 21.7 Å². The number of H-pyrrole nitrogens is 1. The molecule has 134 valence electrons. The van der Waals surface area contributed by atoms with Crippen LogP contribution >= 0.6 is 23.8 Å². The van der Waals surface area contributed by atoms with E-state index in [1.807, 2.05) is 57.2 Å². The average Bonchev–Trinajstić information content (AvgIpc) is 3.00. The molecule has 3 rings (SSSR count). The molecule has 0 saturated carbocycles. The number of benzene rings is 2. The van der Waals surface area contributed by atoms with Crippen molar-refractivity contribution < 1.29 is 4.79 Å². The number of anilines is 1. The zero-order valence-electron chi connectivity index (χ0n) is 14.7. The Morgan fingerprint density at radius 2 is 1.92 bits per heavy atom. The van der Waals surface area contributed by atoms with Gasteiger partial charge < -0.3 is 15.6 Å². The molecule has 1 amide bonds. The van der Waals surface area contributed by atoms with Crippen LogP contribution in [0.4, 0.5) is 5.69 Å². The second-order valence-electron chi connectivity index (χ2n) is 6.96. The number of rotatable bonds is 2. The molecule has 5 nitrogen and oxygen atoms in total. The Morgan fingerprint density at radius 1 is 1.19 bits per heavy atom. The predicted octanol–water partition coefficient (Wildman–Crippen LogP) is 4.74. The molecule has 1 aromatic heterocycles. The molecule has 3 N–H and O–H groups in total. The van der Waals surface area contributed by atoms with Crippen molar-refractivity contribution in [2.24, 2.45) is 5.41 Å². The molecule has 2 aromatic carbocycles. The molecule has 0 radical (unpaired) electrons. The molecule has 0 bridgehead atoms. The second kappa shape index (κ2) is 7.05. The number of carbonyl (C=O) groups is 1. The van der Waals surface area contributed by atoms with Gasteiger partial charge >= 0.3 is 0 Å². The summed E-state index contributed by atoms with van der Waals surface area (Å²) in [6.07, 6.45) is 0. The molecular formula is C19H19ClN4OS. The number of aromatic amines is 1. The van der Waals surface area contributed by atoms with Crippen molar-refractivity contribution in [2.45, 2.75) is 20.8 Å².